The molecule has 1 aliphatic rings. The first-order valence-corrected chi connectivity index (χ1v) is 9.68. The van der Waals surface area contributed by atoms with Gasteiger partial charge in [0.1, 0.15) is 0 Å². The fourth-order valence-electron chi connectivity index (χ4n) is 3.18. The zero-order chi connectivity index (χ0) is 16.3. The van der Waals surface area contributed by atoms with Gasteiger partial charge in [0.25, 0.3) is 0 Å². The van der Waals surface area contributed by atoms with Gasteiger partial charge in [0, 0.05) is 12.0 Å². The third-order valence-electron chi connectivity index (χ3n) is 4.94. The molecule has 0 unspecified atom stereocenters. The predicted molar refractivity (Wildman–Crippen MR) is 93.0 cm³/mol. The molecule has 2 aromatic rings. The highest BCUT2D eigenvalue weighted by Crippen LogP contribution is 2.43. The lowest BCUT2D eigenvalue weighted by molar-refractivity contribution is 0.245. The molecule has 0 amide bonds. The summed E-state index contributed by atoms with van der Waals surface area (Å²) in [4.78, 5) is 0.345. The minimum absolute atomic E-state index is 0.0440. The van der Waals surface area contributed by atoms with Crippen molar-refractivity contribution in [1.82, 2.24) is 4.72 Å². The summed E-state index contributed by atoms with van der Waals surface area (Å²) in [7, 11) is -3.45. The first-order chi connectivity index (χ1) is 11.1. The summed E-state index contributed by atoms with van der Waals surface area (Å²) < 4.78 is 27.9. The second-order valence-electron chi connectivity index (χ2n) is 6.32. The Bertz CT molecular complexity index is 748. The maximum Gasteiger partial charge on any atom is 0.240 e. The van der Waals surface area contributed by atoms with Crippen molar-refractivity contribution in [1.29, 1.82) is 0 Å². The van der Waals surface area contributed by atoms with E-state index >= 15 is 0 Å². The Kier molecular flexibility index (Phi) is 4.55. The second kappa shape index (κ2) is 6.46. The molecule has 0 heterocycles. The molecule has 23 heavy (non-hydrogen) atoms. The third kappa shape index (κ3) is 3.33. The zero-order valence-electron chi connectivity index (χ0n) is 13.5. The number of nitrogens with one attached hydrogen (secondary N) is 1. The number of sulfonamides is 1. The van der Waals surface area contributed by atoms with Crippen molar-refractivity contribution in [2.75, 3.05) is 6.54 Å². The molecule has 0 radical (unpaired) electrons. The van der Waals surface area contributed by atoms with Gasteiger partial charge in [-0.25, -0.2) is 13.1 Å². The van der Waals surface area contributed by atoms with Gasteiger partial charge in [0.05, 0.1) is 4.90 Å². The molecule has 1 saturated carbocycles. The van der Waals surface area contributed by atoms with Gasteiger partial charge in [0.15, 0.2) is 0 Å². The van der Waals surface area contributed by atoms with Crippen molar-refractivity contribution in [2.45, 2.75) is 42.9 Å². The van der Waals surface area contributed by atoms with Crippen LogP contribution in [0.1, 0.15) is 37.3 Å². The lowest BCUT2D eigenvalue weighted by Crippen LogP contribution is -2.45. The molecule has 1 fully saturated rings. The second-order valence-corrected chi connectivity index (χ2v) is 8.09. The quantitative estimate of drug-likeness (QED) is 0.879. The van der Waals surface area contributed by atoms with Gasteiger partial charge in [-0.1, -0.05) is 55.8 Å². The zero-order valence-corrected chi connectivity index (χ0v) is 14.3. The van der Waals surface area contributed by atoms with Gasteiger partial charge < -0.3 is 0 Å². The van der Waals surface area contributed by atoms with Crippen molar-refractivity contribution < 1.29 is 8.42 Å². The predicted octanol–water partition coefficient (Wildman–Crippen LogP) is 3.65. The van der Waals surface area contributed by atoms with E-state index in [4.69, 9.17) is 0 Å². The summed E-state index contributed by atoms with van der Waals surface area (Å²) in [6.07, 6.45) is 4.13. The number of rotatable bonds is 6. The van der Waals surface area contributed by atoms with E-state index in [2.05, 4.69) is 23.8 Å². The Labute approximate surface area is 138 Å². The van der Waals surface area contributed by atoms with E-state index in [1.165, 1.54) is 5.56 Å². The standard InChI is InChI=1S/C19H23NO2S/c1-2-16-9-11-18(12-10-16)23(21,22)20-15-19(13-6-14-19)17-7-4-3-5-8-17/h3-5,7-12,20H,2,6,13-15H2,1H3. The topological polar surface area (TPSA) is 46.2 Å². The highest BCUT2D eigenvalue weighted by Gasteiger charge is 2.39. The summed E-state index contributed by atoms with van der Waals surface area (Å²) in [5, 5.41) is 0. The molecule has 122 valence electrons. The van der Waals surface area contributed by atoms with Gasteiger partial charge >= 0.3 is 0 Å². The summed E-state index contributed by atoms with van der Waals surface area (Å²) in [6.45, 7) is 2.52. The van der Waals surface area contributed by atoms with E-state index in [9.17, 15) is 8.42 Å². The molecular formula is C19H23NO2S. The SMILES string of the molecule is CCc1ccc(S(=O)(=O)NCC2(c3ccccc3)CCC2)cc1. The highest BCUT2D eigenvalue weighted by atomic mass is 32.2. The summed E-state index contributed by atoms with van der Waals surface area (Å²) in [5.74, 6) is 0. The molecular weight excluding hydrogens is 306 g/mol. The van der Waals surface area contributed by atoms with Crippen LogP contribution in [-0.2, 0) is 21.9 Å². The van der Waals surface area contributed by atoms with Crippen LogP contribution in [-0.4, -0.2) is 15.0 Å². The van der Waals surface area contributed by atoms with Crippen LogP contribution in [0.3, 0.4) is 0 Å². The maximum atomic E-state index is 12.5. The third-order valence-corrected chi connectivity index (χ3v) is 6.36. The van der Waals surface area contributed by atoms with Crippen molar-refractivity contribution in [3.05, 3.63) is 65.7 Å². The number of hydrogen-bond donors (Lipinski definition) is 1. The fraction of sp³-hybridized carbons (Fsp3) is 0.368. The van der Waals surface area contributed by atoms with Crippen LogP contribution in [0.5, 0.6) is 0 Å². The monoisotopic (exact) mass is 329 g/mol. The molecule has 4 heteroatoms. The van der Waals surface area contributed by atoms with Crippen molar-refractivity contribution in [3.63, 3.8) is 0 Å². The Balaban J connectivity index is 1.75. The van der Waals surface area contributed by atoms with E-state index in [-0.39, 0.29) is 5.41 Å². The Morgan fingerprint density at radius 2 is 1.65 bits per heavy atom. The van der Waals surface area contributed by atoms with E-state index in [1.54, 1.807) is 12.1 Å². The normalized spacial score (nSPS) is 16.7. The Morgan fingerprint density at radius 3 is 2.17 bits per heavy atom. The van der Waals surface area contributed by atoms with Gasteiger partial charge in [0.2, 0.25) is 10.0 Å². The van der Waals surface area contributed by atoms with Crippen LogP contribution in [0.25, 0.3) is 0 Å². The minimum atomic E-state index is -3.45. The Morgan fingerprint density at radius 1 is 1.00 bits per heavy atom. The van der Waals surface area contributed by atoms with Crippen LogP contribution in [0.4, 0.5) is 0 Å². The van der Waals surface area contributed by atoms with Crippen molar-refractivity contribution >= 4 is 10.0 Å². The Hall–Kier alpha value is -1.65. The average Bonchev–Trinajstić information content (AvgIpc) is 2.55. The molecule has 0 aliphatic heterocycles. The van der Waals surface area contributed by atoms with Crippen LogP contribution < -0.4 is 4.72 Å². The molecule has 0 saturated heterocycles. The summed E-state index contributed by atoms with van der Waals surface area (Å²) in [5.41, 5.74) is 2.33. The van der Waals surface area contributed by atoms with Gasteiger partial charge in [-0.15, -0.1) is 0 Å². The van der Waals surface area contributed by atoms with Crippen molar-refractivity contribution in [3.8, 4) is 0 Å². The smallest absolute Gasteiger partial charge is 0.210 e. The number of aryl methyl sites for hydroxylation is 1. The molecule has 2 aromatic carbocycles. The lowest BCUT2D eigenvalue weighted by Gasteiger charge is -2.42. The molecule has 0 aromatic heterocycles. The first kappa shape index (κ1) is 16.2. The molecule has 1 aliphatic carbocycles. The van der Waals surface area contributed by atoms with Gasteiger partial charge in [-0.2, -0.15) is 0 Å². The van der Waals surface area contributed by atoms with Gasteiger partial charge in [-0.05, 0) is 42.5 Å². The fourth-order valence-corrected chi connectivity index (χ4v) is 4.31. The summed E-state index contributed by atoms with van der Waals surface area (Å²) >= 11 is 0. The van der Waals surface area contributed by atoms with Crippen LogP contribution in [0.15, 0.2) is 59.5 Å². The average molecular weight is 329 g/mol. The first-order valence-electron chi connectivity index (χ1n) is 8.20. The molecule has 0 bridgehead atoms. The highest BCUT2D eigenvalue weighted by molar-refractivity contribution is 7.89. The largest absolute Gasteiger partial charge is 0.240 e. The maximum absolute atomic E-state index is 12.5. The van der Waals surface area contributed by atoms with Gasteiger partial charge in [-0.3, -0.25) is 0 Å². The lowest BCUT2D eigenvalue weighted by atomic mass is 9.64. The van der Waals surface area contributed by atoms with E-state index in [0.717, 1.165) is 31.2 Å². The van der Waals surface area contributed by atoms with Crippen LogP contribution in [0, 0.1) is 0 Å². The van der Waals surface area contributed by atoms with E-state index < -0.39 is 10.0 Å². The van der Waals surface area contributed by atoms with E-state index in [0.29, 0.717) is 11.4 Å². The molecule has 1 N–H and O–H groups in total. The minimum Gasteiger partial charge on any atom is -0.210 e. The van der Waals surface area contributed by atoms with Crippen LogP contribution in [0.2, 0.25) is 0 Å². The molecule has 0 spiro atoms. The molecule has 0 atom stereocenters. The molecule has 3 nitrogen and oxygen atoms in total. The van der Waals surface area contributed by atoms with E-state index in [1.807, 2.05) is 30.3 Å². The van der Waals surface area contributed by atoms with Crippen molar-refractivity contribution in [2.24, 2.45) is 0 Å². The number of hydrogen-bond acceptors (Lipinski definition) is 2. The van der Waals surface area contributed by atoms with Crippen LogP contribution >= 0.6 is 0 Å². The molecule has 3 rings (SSSR count). The number of benzene rings is 2. The summed E-state index contributed by atoms with van der Waals surface area (Å²) in [6, 6.07) is 17.4.